The summed E-state index contributed by atoms with van der Waals surface area (Å²) in [6.45, 7) is 2.45. The summed E-state index contributed by atoms with van der Waals surface area (Å²) < 4.78 is 10.1. The second-order valence-electron chi connectivity index (χ2n) is 8.02. The Morgan fingerprint density at radius 2 is 1.65 bits per heavy atom. The lowest BCUT2D eigenvalue weighted by molar-refractivity contribution is -0.144. The number of ether oxygens (including phenoxy) is 2. The summed E-state index contributed by atoms with van der Waals surface area (Å²) in [5.41, 5.74) is 2.42. The Kier molecular flexibility index (Phi) is 10.4. The van der Waals surface area contributed by atoms with Gasteiger partial charge in [-0.25, -0.2) is 4.79 Å². The van der Waals surface area contributed by atoms with Crippen LogP contribution in [-0.2, 0) is 36.0 Å². The highest BCUT2D eigenvalue weighted by atomic mass is 32.2. The zero-order valence-corrected chi connectivity index (χ0v) is 20.2. The number of hydrogen-bond acceptors (Lipinski definition) is 6. The van der Waals surface area contributed by atoms with Crippen LogP contribution in [0, 0.1) is 0 Å². The van der Waals surface area contributed by atoms with Crippen molar-refractivity contribution < 1.29 is 23.9 Å². The number of rotatable bonds is 14. The first-order valence-corrected chi connectivity index (χ1v) is 12.8. The number of amides is 2. The molecule has 1 fully saturated rings. The average molecular weight is 485 g/mol. The van der Waals surface area contributed by atoms with E-state index in [1.165, 1.54) is 5.56 Å². The van der Waals surface area contributed by atoms with Gasteiger partial charge in [-0.2, -0.15) is 11.8 Å². The molecule has 1 saturated heterocycles. The van der Waals surface area contributed by atoms with E-state index in [1.54, 1.807) is 18.7 Å². The number of epoxide rings is 1. The molecule has 182 valence electrons. The van der Waals surface area contributed by atoms with E-state index < -0.39 is 30.1 Å². The molecule has 2 aromatic carbocycles. The van der Waals surface area contributed by atoms with Crippen molar-refractivity contribution in [2.45, 2.75) is 50.2 Å². The summed E-state index contributed by atoms with van der Waals surface area (Å²) >= 11 is 1.57. The third-order valence-corrected chi connectivity index (χ3v) is 6.44. The van der Waals surface area contributed by atoms with Crippen molar-refractivity contribution in [1.82, 2.24) is 10.6 Å². The van der Waals surface area contributed by atoms with Gasteiger partial charge in [0, 0.05) is 18.1 Å². The van der Waals surface area contributed by atoms with E-state index in [4.69, 9.17) is 9.47 Å². The van der Waals surface area contributed by atoms with E-state index in [-0.39, 0.29) is 12.5 Å². The summed E-state index contributed by atoms with van der Waals surface area (Å²) in [4.78, 5) is 37.2. The zero-order chi connectivity index (χ0) is 24.2. The Labute approximate surface area is 205 Å². The minimum Gasteiger partial charge on any atom is -0.464 e. The predicted molar refractivity (Wildman–Crippen MR) is 132 cm³/mol. The number of carbonyl (C=O) groups excluding carboxylic acids is 3. The third-order valence-electron chi connectivity index (χ3n) is 5.33. The minimum absolute atomic E-state index is 0.221. The third kappa shape index (κ3) is 8.50. The highest BCUT2D eigenvalue weighted by Crippen LogP contribution is 2.24. The maximum atomic E-state index is 12.8. The van der Waals surface area contributed by atoms with Crippen LogP contribution < -0.4 is 10.6 Å². The Balaban J connectivity index is 1.46. The van der Waals surface area contributed by atoms with Gasteiger partial charge in [0.05, 0.1) is 6.61 Å². The maximum absolute atomic E-state index is 12.8. The van der Waals surface area contributed by atoms with E-state index >= 15 is 0 Å². The van der Waals surface area contributed by atoms with Crippen LogP contribution in [0.4, 0.5) is 0 Å². The molecule has 0 aliphatic carbocycles. The number of carbonyl (C=O) groups is 3. The lowest BCUT2D eigenvalue weighted by Gasteiger charge is -2.18. The van der Waals surface area contributed by atoms with Gasteiger partial charge in [-0.3, -0.25) is 9.59 Å². The molecule has 3 atom stereocenters. The molecular formula is C26H32N2O5S. The van der Waals surface area contributed by atoms with Crippen LogP contribution in [0.15, 0.2) is 60.7 Å². The van der Waals surface area contributed by atoms with E-state index in [2.05, 4.69) is 22.8 Å². The van der Waals surface area contributed by atoms with Crippen LogP contribution in [0.1, 0.15) is 30.9 Å². The molecule has 8 heteroatoms. The van der Waals surface area contributed by atoms with E-state index in [1.807, 2.05) is 48.5 Å². The van der Waals surface area contributed by atoms with E-state index in [0.29, 0.717) is 12.3 Å². The van der Waals surface area contributed by atoms with Crippen molar-refractivity contribution in [3.8, 4) is 0 Å². The first-order valence-electron chi connectivity index (χ1n) is 11.6. The molecule has 1 aliphatic heterocycles. The van der Waals surface area contributed by atoms with Gasteiger partial charge >= 0.3 is 5.97 Å². The number of aryl methyl sites for hydroxylation is 1. The minimum atomic E-state index is -0.903. The van der Waals surface area contributed by atoms with Gasteiger partial charge in [-0.05, 0) is 37.3 Å². The van der Waals surface area contributed by atoms with Crippen LogP contribution in [-0.4, -0.2) is 54.9 Å². The summed E-state index contributed by atoms with van der Waals surface area (Å²) in [5, 5.41) is 5.69. The number of thioether (sulfide) groups is 1. The molecule has 0 radical (unpaired) electrons. The SMILES string of the molecule is CCOC(=O)[C@H]1O[C@@H]1C(=O)N[C@@H](CSCc1ccccc1)C(=O)NCCCCc1ccccc1. The monoisotopic (exact) mass is 484 g/mol. The zero-order valence-electron chi connectivity index (χ0n) is 19.4. The average Bonchev–Trinajstić information content (AvgIpc) is 3.66. The van der Waals surface area contributed by atoms with Crippen LogP contribution in [0.25, 0.3) is 0 Å². The maximum Gasteiger partial charge on any atom is 0.338 e. The first kappa shape index (κ1) is 25.8. The molecule has 0 spiro atoms. The van der Waals surface area contributed by atoms with Crippen molar-refractivity contribution >= 4 is 29.5 Å². The molecule has 34 heavy (non-hydrogen) atoms. The van der Waals surface area contributed by atoms with Crippen LogP contribution in [0.5, 0.6) is 0 Å². The number of benzene rings is 2. The molecule has 2 N–H and O–H groups in total. The molecule has 0 saturated carbocycles. The first-order chi connectivity index (χ1) is 16.6. The van der Waals surface area contributed by atoms with Gasteiger partial charge in [0.2, 0.25) is 5.91 Å². The lowest BCUT2D eigenvalue weighted by atomic mass is 10.1. The standard InChI is InChI=1S/C26H32N2O5S/c1-2-32-26(31)23-22(33-23)25(30)28-21(18-34-17-20-14-7-4-8-15-20)24(29)27-16-10-9-13-19-11-5-3-6-12-19/h3-8,11-12,14-15,21-23H,2,9-10,13,16-18H2,1H3,(H,27,29)(H,28,30)/t21-,22-,23-/m0/s1. The van der Waals surface area contributed by atoms with Crippen molar-refractivity contribution in [1.29, 1.82) is 0 Å². The number of esters is 1. The summed E-state index contributed by atoms with van der Waals surface area (Å²) in [7, 11) is 0. The number of hydrogen-bond donors (Lipinski definition) is 2. The van der Waals surface area contributed by atoms with Crippen molar-refractivity contribution in [2.75, 3.05) is 18.9 Å². The molecular weight excluding hydrogens is 452 g/mol. The summed E-state index contributed by atoms with van der Waals surface area (Å²) in [6, 6.07) is 19.4. The molecule has 2 aromatic rings. The van der Waals surface area contributed by atoms with Crippen LogP contribution in [0.3, 0.4) is 0 Å². The Morgan fingerprint density at radius 3 is 2.32 bits per heavy atom. The van der Waals surface area contributed by atoms with Crippen LogP contribution in [0.2, 0.25) is 0 Å². The van der Waals surface area contributed by atoms with Crippen LogP contribution >= 0.6 is 11.8 Å². The molecule has 2 amide bonds. The molecule has 3 rings (SSSR count). The second kappa shape index (κ2) is 13.8. The van der Waals surface area contributed by atoms with E-state index in [9.17, 15) is 14.4 Å². The highest BCUT2D eigenvalue weighted by Gasteiger charge is 2.52. The largest absolute Gasteiger partial charge is 0.464 e. The molecule has 1 aliphatic rings. The Morgan fingerprint density at radius 1 is 0.971 bits per heavy atom. The lowest BCUT2D eigenvalue weighted by Crippen LogP contribution is -2.50. The Bertz CT molecular complexity index is 925. The van der Waals surface area contributed by atoms with Gasteiger partial charge in [0.25, 0.3) is 5.91 Å². The normalized spacial score (nSPS) is 17.4. The van der Waals surface area contributed by atoms with Gasteiger partial charge in [0.15, 0.2) is 12.2 Å². The fourth-order valence-corrected chi connectivity index (χ4v) is 4.47. The fraction of sp³-hybridized carbons (Fsp3) is 0.423. The number of unbranched alkanes of at least 4 members (excludes halogenated alkanes) is 1. The Hall–Kier alpha value is -2.84. The van der Waals surface area contributed by atoms with Crippen molar-refractivity contribution in [2.24, 2.45) is 0 Å². The van der Waals surface area contributed by atoms with E-state index in [0.717, 1.165) is 30.6 Å². The number of nitrogens with one attached hydrogen (secondary N) is 2. The quantitative estimate of drug-likeness (QED) is 0.243. The highest BCUT2D eigenvalue weighted by molar-refractivity contribution is 7.98. The second-order valence-corrected chi connectivity index (χ2v) is 9.06. The molecule has 1 heterocycles. The van der Waals surface area contributed by atoms with Crippen molar-refractivity contribution in [3.63, 3.8) is 0 Å². The predicted octanol–water partition coefficient (Wildman–Crippen LogP) is 2.87. The molecule has 0 unspecified atom stereocenters. The topological polar surface area (TPSA) is 97.0 Å². The molecule has 0 aromatic heterocycles. The molecule has 7 nitrogen and oxygen atoms in total. The van der Waals surface area contributed by atoms with Crippen molar-refractivity contribution in [3.05, 3.63) is 71.8 Å². The molecule has 0 bridgehead atoms. The van der Waals surface area contributed by atoms with Gasteiger partial charge in [0.1, 0.15) is 6.04 Å². The summed E-state index contributed by atoms with van der Waals surface area (Å²) in [5.74, 6) is -0.124. The summed E-state index contributed by atoms with van der Waals surface area (Å²) in [6.07, 6.45) is 0.965. The van der Waals surface area contributed by atoms with Gasteiger partial charge < -0.3 is 20.1 Å². The van der Waals surface area contributed by atoms with Gasteiger partial charge in [-0.1, -0.05) is 60.7 Å². The smallest absolute Gasteiger partial charge is 0.338 e. The van der Waals surface area contributed by atoms with Gasteiger partial charge in [-0.15, -0.1) is 0 Å². The fourth-order valence-electron chi connectivity index (χ4n) is 3.45.